The summed E-state index contributed by atoms with van der Waals surface area (Å²) in [6.07, 6.45) is 0. The van der Waals surface area contributed by atoms with Gasteiger partial charge in [0, 0.05) is 27.8 Å². The number of anilines is 3. The number of nitrogens with zero attached hydrogens (tertiary/aromatic N) is 1. The van der Waals surface area contributed by atoms with E-state index in [-0.39, 0.29) is 0 Å². The molecule has 0 radical (unpaired) electrons. The first-order valence-electron chi connectivity index (χ1n) is 15.7. The Morgan fingerprint density at radius 3 is 1.67 bits per heavy atom. The van der Waals surface area contributed by atoms with Crippen LogP contribution in [0, 0.1) is 0 Å². The molecule has 0 aliphatic rings. The van der Waals surface area contributed by atoms with Crippen molar-refractivity contribution < 1.29 is 4.42 Å². The van der Waals surface area contributed by atoms with Crippen LogP contribution in [0.15, 0.2) is 180 Å². The van der Waals surface area contributed by atoms with Gasteiger partial charge in [-0.2, -0.15) is 0 Å². The van der Waals surface area contributed by atoms with Gasteiger partial charge in [0.25, 0.3) is 0 Å². The zero-order chi connectivity index (χ0) is 30.5. The summed E-state index contributed by atoms with van der Waals surface area (Å²) < 4.78 is 6.19. The Labute approximate surface area is 267 Å². The van der Waals surface area contributed by atoms with Gasteiger partial charge >= 0.3 is 0 Å². The van der Waals surface area contributed by atoms with Crippen molar-refractivity contribution in [1.82, 2.24) is 0 Å². The molecule has 0 saturated heterocycles. The lowest BCUT2D eigenvalue weighted by Crippen LogP contribution is -2.09. The number of benzene rings is 8. The van der Waals surface area contributed by atoms with E-state index in [2.05, 4.69) is 169 Å². The zero-order valence-corrected chi connectivity index (χ0v) is 25.1. The van der Waals surface area contributed by atoms with Crippen LogP contribution in [0.1, 0.15) is 0 Å². The lowest BCUT2D eigenvalue weighted by Gasteiger charge is -2.26. The molecular weight excluding hydrogens is 558 g/mol. The van der Waals surface area contributed by atoms with E-state index < -0.39 is 0 Å². The average Bonchev–Trinajstić information content (AvgIpc) is 3.52. The molecule has 0 saturated carbocycles. The molecule has 1 heterocycles. The van der Waals surface area contributed by atoms with Crippen molar-refractivity contribution in [2.24, 2.45) is 0 Å². The Balaban J connectivity index is 1.14. The molecule has 216 valence electrons. The summed E-state index contributed by atoms with van der Waals surface area (Å²) in [6.45, 7) is 0. The molecule has 0 spiro atoms. The predicted molar refractivity (Wildman–Crippen MR) is 194 cm³/mol. The highest BCUT2D eigenvalue weighted by Crippen LogP contribution is 2.39. The van der Waals surface area contributed by atoms with Gasteiger partial charge in [0.2, 0.25) is 0 Å². The Bertz CT molecular complexity index is 2510. The van der Waals surface area contributed by atoms with Crippen molar-refractivity contribution in [3.63, 3.8) is 0 Å². The highest BCUT2D eigenvalue weighted by Gasteiger charge is 2.15. The van der Waals surface area contributed by atoms with E-state index in [4.69, 9.17) is 4.42 Å². The van der Waals surface area contributed by atoms with E-state index in [0.717, 1.165) is 33.6 Å². The lowest BCUT2D eigenvalue weighted by molar-refractivity contribution is 0.669. The van der Waals surface area contributed by atoms with Gasteiger partial charge in [0.15, 0.2) is 0 Å². The van der Waals surface area contributed by atoms with Crippen LogP contribution in [-0.4, -0.2) is 0 Å². The van der Waals surface area contributed by atoms with Crippen LogP contribution in [-0.2, 0) is 0 Å². The standard InChI is InChI=1S/C44H29NO/c1-2-8-30(9-3-1)32-16-22-37(23-17-32)45(39-26-20-31-10-4-5-11-35(31)28-39)38-24-18-33(19-25-38)36-15-14-34-21-27-43-44(41(34)29-36)40-12-6-7-13-42(40)46-43/h1-29H. The maximum atomic E-state index is 6.19. The summed E-state index contributed by atoms with van der Waals surface area (Å²) in [5.41, 5.74) is 9.96. The molecule has 0 unspecified atom stereocenters. The largest absolute Gasteiger partial charge is 0.456 e. The fourth-order valence-corrected chi connectivity index (χ4v) is 6.72. The van der Waals surface area contributed by atoms with Crippen LogP contribution >= 0.6 is 0 Å². The minimum absolute atomic E-state index is 0.922. The molecule has 0 atom stereocenters. The monoisotopic (exact) mass is 587 g/mol. The van der Waals surface area contributed by atoms with Gasteiger partial charge in [0.05, 0.1) is 0 Å². The molecule has 1 aromatic heterocycles. The van der Waals surface area contributed by atoms with E-state index in [9.17, 15) is 0 Å². The van der Waals surface area contributed by atoms with Crippen molar-refractivity contribution in [3.8, 4) is 22.3 Å². The van der Waals surface area contributed by atoms with Gasteiger partial charge < -0.3 is 9.32 Å². The van der Waals surface area contributed by atoms with Crippen LogP contribution in [0.3, 0.4) is 0 Å². The SMILES string of the molecule is c1ccc(-c2ccc(N(c3ccc(-c4ccc5ccc6oc7ccccc7c6c5c4)cc3)c3ccc4ccccc4c3)cc2)cc1. The molecule has 0 aliphatic heterocycles. The molecule has 9 aromatic rings. The van der Waals surface area contributed by atoms with Crippen molar-refractivity contribution in [2.75, 3.05) is 4.90 Å². The first-order chi connectivity index (χ1) is 22.8. The smallest absolute Gasteiger partial charge is 0.136 e. The second-order valence-corrected chi connectivity index (χ2v) is 11.8. The predicted octanol–water partition coefficient (Wildman–Crippen LogP) is 12.7. The first kappa shape index (κ1) is 26.3. The highest BCUT2D eigenvalue weighted by molar-refractivity contribution is 6.19. The third-order valence-corrected chi connectivity index (χ3v) is 9.04. The minimum Gasteiger partial charge on any atom is -0.456 e. The summed E-state index contributed by atoms with van der Waals surface area (Å²) in [5, 5.41) is 7.20. The van der Waals surface area contributed by atoms with Gasteiger partial charge in [-0.05, 0) is 98.4 Å². The van der Waals surface area contributed by atoms with Crippen molar-refractivity contribution in [3.05, 3.63) is 176 Å². The fraction of sp³-hybridized carbons (Fsp3) is 0. The zero-order valence-electron chi connectivity index (χ0n) is 25.1. The third kappa shape index (κ3) is 4.51. The fourth-order valence-electron chi connectivity index (χ4n) is 6.72. The van der Waals surface area contributed by atoms with Crippen LogP contribution in [0.2, 0.25) is 0 Å². The Kier molecular flexibility index (Phi) is 6.17. The second kappa shape index (κ2) is 10.8. The molecule has 0 amide bonds. The number of hydrogen-bond donors (Lipinski definition) is 0. The quantitative estimate of drug-likeness (QED) is 0.199. The van der Waals surface area contributed by atoms with Gasteiger partial charge in [0.1, 0.15) is 11.2 Å². The van der Waals surface area contributed by atoms with Gasteiger partial charge in [-0.15, -0.1) is 0 Å². The maximum Gasteiger partial charge on any atom is 0.136 e. The Morgan fingerprint density at radius 1 is 0.326 bits per heavy atom. The number of para-hydroxylation sites is 1. The normalized spacial score (nSPS) is 11.5. The van der Waals surface area contributed by atoms with Crippen LogP contribution in [0.4, 0.5) is 17.1 Å². The minimum atomic E-state index is 0.922. The van der Waals surface area contributed by atoms with E-state index in [0.29, 0.717) is 0 Å². The first-order valence-corrected chi connectivity index (χ1v) is 15.7. The van der Waals surface area contributed by atoms with Crippen LogP contribution < -0.4 is 4.90 Å². The van der Waals surface area contributed by atoms with E-state index in [1.54, 1.807) is 0 Å². The molecular formula is C44H29NO. The summed E-state index contributed by atoms with van der Waals surface area (Å²) in [4.78, 5) is 2.34. The summed E-state index contributed by atoms with van der Waals surface area (Å²) in [6, 6.07) is 62.8. The molecule has 0 fully saturated rings. The number of rotatable bonds is 5. The van der Waals surface area contributed by atoms with Gasteiger partial charge in [-0.3, -0.25) is 0 Å². The maximum absolute atomic E-state index is 6.19. The summed E-state index contributed by atoms with van der Waals surface area (Å²) in [7, 11) is 0. The van der Waals surface area contributed by atoms with Gasteiger partial charge in [-0.1, -0.05) is 121 Å². The molecule has 0 N–H and O–H groups in total. The van der Waals surface area contributed by atoms with Crippen molar-refractivity contribution in [2.45, 2.75) is 0 Å². The number of fused-ring (bicyclic) bond motifs is 6. The van der Waals surface area contributed by atoms with Crippen molar-refractivity contribution in [1.29, 1.82) is 0 Å². The number of hydrogen-bond acceptors (Lipinski definition) is 2. The van der Waals surface area contributed by atoms with E-state index in [1.807, 2.05) is 12.1 Å². The highest BCUT2D eigenvalue weighted by atomic mass is 16.3. The molecule has 9 rings (SSSR count). The van der Waals surface area contributed by atoms with E-state index >= 15 is 0 Å². The average molecular weight is 588 g/mol. The molecule has 2 nitrogen and oxygen atoms in total. The van der Waals surface area contributed by atoms with E-state index in [1.165, 1.54) is 49.2 Å². The Hall–Kier alpha value is -6.12. The topological polar surface area (TPSA) is 16.4 Å². The molecule has 8 aromatic carbocycles. The summed E-state index contributed by atoms with van der Waals surface area (Å²) in [5.74, 6) is 0. The van der Waals surface area contributed by atoms with Crippen LogP contribution in [0.5, 0.6) is 0 Å². The second-order valence-electron chi connectivity index (χ2n) is 11.8. The molecule has 0 aliphatic carbocycles. The van der Waals surface area contributed by atoms with Crippen molar-refractivity contribution >= 4 is 60.5 Å². The molecule has 46 heavy (non-hydrogen) atoms. The molecule has 0 bridgehead atoms. The molecule has 2 heteroatoms. The number of furan rings is 1. The third-order valence-electron chi connectivity index (χ3n) is 9.04. The Morgan fingerprint density at radius 2 is 0.891 bits per heavy atom. The van der Waals surface area contributed by atoms with Gasteiger partial charge in [-0.25, -0.2) is 0 Å². The lowest BCUT2D eigenvalue weighted by atomic mass is 9.98. The van der Waals surface area contributed by atoms with Crippen LogP contribution in [0.25, 0.3) is 65.7 Å². The summed E-state index contributed by atoms with van der Waals surface area (Å²) >= 11 is 0.